The highest BCUT2D eigenvalue weighted by molar-refractivity contribution is 5.82. The molecule has 2 saturated heterocycles. The Balaban J connectivity index is 1.48. The predicted molar refractivity (Wildman–Crippen MR) is 71.4 cm³/mol. The maximum Gasteiger partial charge on any atom is 0.0733 e. The number of para-hydroxylation sites is 1. The average Bonchev–Trinajstić information content (AvgIpc) is 3.11. The van der Waals surface area contributed by atoms with Gasteiger partial charge >= 0.3 is 0 Å². The number of rotatable bonds is 3. The highest BCUT2D eigenvalue weighted by Crippen LogP contribution is 2.34. The van der Waals surface area contributed by atoms with Gasteiger partial charge in [0.05, 0.1) is 12.2 Å². The van der Waals surface area contributed by atoms with Crippen LogP contribution in [0.2, 0.25) is 0 Å². The Morgan fingerprint density at radius 2 is 2.22 bits per heavy atom. The molecule has 0 radical (unpaired) electrons. The Morgan fingerprint density at radius 3 is 3.06 bits per heavy atom. The van der Waals surface area contributed by atoms with Crippen LogP contribution in [0.5, 0.6) is 0 Å². The fourth-order valence-electron chi connectivity index (χ4n) is 3.37. The lowest BCUT2D eigenvalue weighted by Gasteiger charge is -2.19. The monoisotopic (exact) mass is 242 g/mol. The first-order chi connectivity index (χ1) is 8.90. The third-order valence-corrected chi connectivity index (χ3v) is 4.34. The lowest BCUT2D eigenvalue weighted by atomic mass is 9.95. The molecule has 3 unspecified atom stereocenters. The van der Waals surface area contributed by atoms with Gasteiger partial charge in [0.25, 0.3) is 0 Å². The summed E-state index contributed by atoms with van der Waals surface area (Å²) in [6.07, 6.45) is 6.78. The molecule has 3 heterocycles. The van der Waals surface area contributed by atoms with E-state index < -0.39 is 0 Å². The van der Waals surface area contributed by atoms with Gasteiger partial charge in [0, 0.05) is 29.7 Å². The molecule has 0 spiro atoms. The number of fused-ring (bicyclic) bond motifs is 3. The fourth-order valence-corrected chi connectivity index (χ4v) is 3.37. The minimum absolute atomic E-state index is 0.459. The van der Waals surface area contributed by atoms with Crippen molar-refractivity contribution in [3.8, 4) is 0 Å². The van der Waals surface area contributed by atoms with Crippen molar-refractivity contribution in [1.82, 2.24) is 10.3 Å². The van der Waals surface area contributed by atoms with Gasteiger partial charge in [0.1, 0.15) is 0 Å². The molecule has 18 heavy (non-hydrogen) atoms. The molecule has 2 aromatic rings. The van der Waals surface area contributed by atoms with Crippen LogP contribution in [-0.2, 0) is 11.3 Å². The highest BCUT2D eigenvalue weighted by Gasteiger charge is 2.40. The van der Waals surface area contributed by atoms with Crippen LogP contribution in [0, 0.1) is 0 Å². The number of nitrogens with one attached hydrogen (secondary N) is 2. The Hall–Kier alpha value is -1.32. The molecular weight excluding hydrogens is 224 g/mol. The maximum absolute atomic E-state index is 5.87. The molecule has 1 aromatic heterocycles. The second kappa shape index (κ2) is 4.11. The first-order valence-corrected chi connectivity index (χ1v) is 6.84. The third-order valence-electron chi connectivity index (χ3n) is 4.34. The lowest BCUT2D eigenvalue weighted by molar-refractivity contribution is 0.0973. The number of benzene rings is 1. The van der Waals surface area contributed by atoms with Gasteiger partial charge in [-0.3, -0.25) is 0 Å². The summed E-state index contributed by atoms with van der Waals surface area (Å²) < 4.78 is 5.87. The van der Waals surface area contributed by atoms with Gasteiger partial charge in [-0.25, -0.2) is 0 Å². The summed E-state index contributed by atoms with van der Waals surface area (Å²) in [5.41, 5.74) is 2.58. The van der Waals surface area contributed by atoms with E-state index in [0.717, 1.165) is 6.54 Å². The minimum Gasteiger partial charge on any atom is -0.373 e. The molecule has 2 aliphatic rings. The second-order valence-electron chi connectivity index (χ2n) is 5.46. The summed E-state index contributed by atoms with van der Waals surface area (Å²) in [6, 6.07) is 9.03. The Labute approximate surface area is 107 Å². The van der Waals surface area contributed by atoms with Crippen LogP contribution < -0.4 is 5.32 Å². The molecule has 4 rings (SSSR count). The summed E-state index contributed by atoms with van der Waals surface area (Å²) in [6.45, 7) is 0.932. The van der Waals surface area contributed by atoms with Gasteiger partial charge in [0.15, 0.2) is 0 Å². The van der Waals surface area contributed by atoms with E-state index in [-0.39, 0.29) is 0 Å². The Kier molecular flexibility index (Phi) is 2.42. The molecule has 3 nitrogen and oxygen atoms in total. The van der Waals surface area contributed by atoms with E-state index >= 15 is 0 Å². The van der Waals surface area contributed by atoms with Crippen molar-refractivity contribution in [3.05, 3.63) is 36.0 Å². The molecule has 2 aliphatic heterocycles. The summed E-state index contributed by atoms with van der Waals surface area (Å²) in [5, 5.41) is 4.99. The van der Waals surface area contributed by atoms with Crippen LogP contribution >= 0.6 is 0 Å². The number of hydrogen-bond donors (Lipinski definition) is 2. The van der Waals surface area contributed by atoms with Crippen LogP contribution in [0.3, 0.4) is 0 Å². The van der Waals surface area contributed by atoms with Crippen molar-refractivity contribution in [3.63, 3.8) is 0 Å². The summed E-state index contributed by atoms with van der Waals surface area (Å²) in [5.74, 6) is 0. The number of ether oxygens (including phenoxy) is 1. The van der Waals surface area contributed by atoms with Crippen molar-refractivity contribution in [1.29, 1.82) is 0 Å². The van der Waals surface area contributed by atoms with Crippen molar-refractivity contribution in [2.24, 2.45) is 0 Å². The van der Waals surface area contributed by atoms with Crippen LogP contribution in [0.4, 0.5) is 0 Å². The van der Waals surface area contributed by atoms with Crippen molar-refractivity contribution >= 4 is 10.9 Å². The molecule has 1 aromatic carbocycles. The molecular formula is C15H18N2O. The third kappa shape index (κ3) is 1.66. The standard InChI is InChI=1S/C15H18N2O/c1-2-4-13-12(3-1)10(8-16-13)9-17-14-7-11-5-6-15(14)18-11/h1-4,8,11,14-17H,5-7,9H2. The molecule has 2 fully saturated rings. The molecule has 94 valence electrons. The zero-order valence-corrected chi connectivity index (χ0v) is 10.4. The summed E-state index contributed by atoms with van der Waals surface area (Å²) >= 11 is 0. The smallest absolute Gasteiger partial charge is 0.0733 e. The molecule has 2 bridgehead atoms. The Morgan fingerprint density at radius 1 is 1.28 bits per heavy atom. The topological polar surface area (TPSA) is 37.0 Å². The van der Waals surface area contributed by atoms with Gasteiger partial charge in [-0.15, -0.1) is 0 Å². The number of hydrogen-bond acceptors (Lipinski definition) is 2. The van der Waals surface area contributed by atoms with Crippen LogP contribution in [0.25, 0.3) is 10.9 Å². The van der Waals surface area contributed by atoms with Gasteiger partial charge in [-0.2, -0.15) is 0 Å². The van der Waals surface area contributed by atoms with E-state index in [9.17, 15) is 0 Å². The average molecular weight is 242 g/mol. The van der Waals surface area contributed by atoms with E-state index in [2.05, 4.69) is 40.8 Å². The molecule has 3 atom stereocenters. The molecule has 0 aliphatic carbocycles. The van der Waals surface area contributed by atoms with Gasteiger partial charge in [-0.05, 0) is 30.9 Å². The van der Waals surface area contributed by atoms with Crippen molar-refractivity contribution in [2.75, 3.05) is 0 Å². The van der Waals surface area contributed by atoms with Crippen LogP contribution in [0.1, 0.15) is 24.8 Å². The number of aromatic nitrogens is 1. The van der Waals surface area contributed by atoms with E-state index in [0.29, 0.717) is 18.2 Å². The van der Waals surface area contributed by atoms with E-state index in [1.54, 1.807) is 0 Å². The zero-order chi connectivity index (χ0) is 11.9. The van der Waals surface area contributed by atoms with Gasteiger partial charge < -0.3 is 15.0 Å². The molecule has 3 heteroatoms. The fraction of sp³-hybridized carbons (Fsp3) is 0.467. The highest BCUT2D eigenvalue weighted by atomic mass is 16.5. The second-order valence-corrected chi connectivity index (χ2v) is 5.46. The van der Waals surface area contributed by atoms with Gasteiger partial charge in [-0.1, -0.05) is 18.2 Å². The normalized spacial score (nSPS) is 30.3. The molecule has 0 saturated carbocycles. The predicted octanol–water partition coefficient (Wildman–Crippen LogP) is 2.58. The number of H-pyrrole nitrogens is 1. The quantitative estimate of drug-likeness (QED) is 0.868. The first-order valence-electron chi connectivity index (χ1n) is 6.84. The molecule has 0 amide bonds. The number of aromatic amines is 1. The Bertz CT molecular complexity index is 562. The van der Waals surface area contributed by atoms with E-state index in [1.807, 2.05) is 0 Å². The lowest BCUT2D eigenvalue weighted by Crippen LogP contribution is -2.36. The first kappa shape index (κ1) is 10.6. The molecule has 2 N–H and O–H groups in total. The van der Waals surface area contributed by atoms with Crippen molar-refractivity contribution < 1.29 is 4.74 Å². The van der Waals surface area contributed by atoms with Crippen LogP contribution in [-0.4, -0.2) is 23.2 Å². The zero-order valence-electron chi connectivity index (χ0n) is 10.4. The van der Waals surface area contributed by atoms with Crippen molar-refractivity contribution in [2.45, 2.75) is 44.1 Å². The van der Waals surface area contributed by atoms with E-state index in [1.165, 1.54) is 35.7 Å². The largest absolute Gasteiger partial charge is 0.373 e. The summed E-state index contributed by atoms with van der Waals surface area (Å²) in [4.78, 5) is 3.33. The SMILES string of the molecule is c1ccc2c(CNC3CC4CCC3O4)c[nH]c2c1. The maximum atomic E-state index is 5.87. The summed E-state index contributed by atoms with van der Waals surface area (Å²) in [7, 11) is 0. The van der Waals surface area contributed by atoms with E-state index in [4.69, 9.17) is 4.74 Å². The minimum atomic E-state index is 0.459. The van der Waals surface area contributed by atoms with Crippen LogP contribution in [0.15, 0.2) is 30.5 Å². The van der Waals surface area contributed by atoms with Gasteiger partial charge in [0.2, 0.25) is 0 Å².